The quantitative estimate of drug-likeness (QED) is 0.0196. The fourth-order valence-corrected chi connectivity index (χ4v) is 9.13. The first-order valence-corrected chi connectivity index (χ1v) is 29.1. The van der Waals surface area contributed by atoms with Gasteiger partial charge < -0.3 is 45.1 Å². The van der Waals surface area contributed by atoms with E-state index < -0.39 is 49.5 Å². The summed E-state index contributed by atoms with van der Waals surface area (Å²) in [6.45, 7) is 4.30. The molecule has 0 radical (unpaired) electrons. The molecular formula is C58H109NO10. The van der Waals surface area contributed by atoms with Crippen molar-refractivity contribution >= 4 is 11.9 Å². The molecule has 1 fully saturated rings. The van der Waals surface area contributed by atoms with Gasteiger partial charge in [-0.2, -0.15) is 0 Å². The third-order valence-corrected chi connectivity index (χ3v) is 13.8. The van der Waals surface area contributed by atoms with Crippen LogP contribution in [0.3, 0.4) is 0 Å². The SMILES string of the molecule is CCCCCCCCC/C=C/C(O)C(COC1OC(CO)C(O)C(O)C1O)NC(=O)CCCCCCC/C=C\CCCCCCCCCCCOC(=O)CCCCCCCCCCCCCCCC. The van der Waals surface area contributed by atoms with Gasteiger partial charge in [-0.05, 0) is 57.8 Å². The molecule has 0 bridgehead atoms. The number of unbranched alkanes of at least 4 members (excludes halogenated alkanes) is 34. The molecule has 0 aromatic carbocycles. The van der Waals surface area contributed by atoms with Crippen molar-refractivity contribution in [1.29, 1.82) is 0 Å². The zero-order valence-electron chi connectivity index (χ0n) is 44.5. The normalized spacial score (nSPS) is 19.4. The molecule has 6 N–H and O–H groups in total. The summed E-state index contributed by atoms with van der Waals surface area (Å²) in [4.78, 5) is 25.0. The maximum Gasteiger partial charge on any atom is 0.305 e. The number of rotatable bonds is 50. The monoisotopic (exact) mass is 980 g/mol. The topological polar surface area (TPSA) is 175 Å². The van der Waals surface area contributed by atoms with Crippen molar-refractivity contribution in [2.24, 2.45) is 0 Å². The maximum absolute atomic E-state index is 13.0. The number of esters is 1. The van der Waals surface area contributed by atoms with Gasteiger partial charge in [0.2, 0.25) is 5.91 Å². The second kappa shape index (κ2) is 48.4. The molecule has 11 nitrogen and oxygen atoms in total. The standard InChI is InChI=1S/C58H109NO10/c1-3-5-7-9-11-13-14-15-23-26-30-34-38-42-46-54(63)67-47-43-39-35-31-27-24-21-19-17-16-18-20-22-25-29-33-37-41-45-53(62)59-50(51(61)44-40-36-32-28-12-10-8-6-4-2)49-68-58-57(66)56(65)55(64)52(48-60)69-58/h18,20,40,44,50-52,55-58,60-61,64-66H,3-17,19,21-39,41-43,45-49H2,1-2H3,(H,59,62)/b20-18-,44-40+. The fraction of sp³-hybridized carbons (Fsp3) is 0.897. The number of aliphatic hydroxyl groups is 5. The van der Waals surface area contributed by atoms with Crippen LogP contribution in [0, 0.1) is 0 Å². The number of allylic oxidation sites excluding steroid dienone is 3. The highest BCUT2D eigenvalue weighted by molar-refractivity contribution is 5.76. The average Bonchev–Trinajstić information content (AvgIpc) is 3.34. The molecule has 7 unspecified atom stereocenters. The number of carbonyl (C=O) groups excluding carboxylic acids is 2. The molecule has 0 saturated carbocycles. The van der Waals surface area contributed by atoms with Crippen LogP contribution in [0.15, 0.2) is 24.3 Å². The van der Waals surface area contributed by atoms with Gasteiger partial charge in [0.05, 0.1) is 32.0 Å². The van der Waals surface area contributed by atoms with Crippen molar-refractivity contribution in [2.45, 2.75) is 314 Å². The first-order chi connectivity index (χ1) is 33.7. The van der Waals surface area contributed by atoms with E-state index >= 15 is 0 Å². The summed E-state index contributed by atoms with van der Waals surface area (Å²) in [7, 11) is 0. The van der Waals surface area contributed by atoms with E-state index in [1.165, 1.54) is 154 Å². The van der Waals surface area contributed by atoms with Crippen molar-refractivity contribution in [3.8, 4) is 0 Å². The van der Waals surface area contributed by atoms with Gasteiger partial charge in [-0.3, -0.25) is 9.59 Å². The molecule has 1 aliphatic heterocycles. The number of amides is 1. The van der Waals surface area contributed by atoms with Crippen LogP contribution in [0.25, 0.3) is 0 Å². The Morgan fingerprint density at radius 1 is 0.522 bits per heavy atom. The molecule has 1 heterocycles. The minimum absolute atomic E-state index is 0.0107. The van der Waals surface area contributed by atoms with E-state index in [9.17, 15) is 35.1 Å². The number of aliphatic hydroxyl groups excluding tert-OH is 5. The molecule has 1 rings (SSSR count). The molecule has 0 spiro atoms. The summed E-state index contributed by atoms with van der Waals surface area (Å²) in [5.74, 6) is -0.209. The largest absolute Gasteiger partial charge is 0.466 e. The number of nitrogens with one attached hydrogen (secondary N) is 1. The molecule has 11 heteroatoms. The van der Waals surface area contributed by atoms with Crippen LogP contribution in [0.4, 0.5) is 0 Å². The predicted octanol–water partition coefficient (Wildman–Crippen LogP) is 12.9. The van der Waals surface area contributed by atoms with Crippen LogP contribution in [0.2, 0.25) is 0 Å². The van der Waals surface area contributed by atoms with Gasteiger partial charge >= 0.3 is 5.97 Å². The lowest BCUT2D eigenvalue weighted by Gasteiger charge is -2.40. The van der Waals surface area contributed by atoms with Crippen LogP contribution in [-0.4, -0.2) is 100 Å². The number of ether oxygens (including phenoxy) is 3. The van der Waals surface area contributed by atoms with E-state index in [1.807, 2.05) is 6.08 Å². The van der Waals surface area contributed by atoms with E-state index in [1.54, 1.807) is 6.08 Å². The van der Waals surface area contributed by atoms with Gasteiger partial charge in [0.1, 0.15) is 24.4 Å². The van der Waals surface area contributed by atoms with Crippen molar-refractivity contribution in [1.82, 2.24) is 5.32 Å². The number of hydrogen-bond acceptors (Lipinski definition) is 10. The highest BCUT2D eigenvalue weighted by Gasteiger charge is 2.44. The number of carbonyl (C=O) groups is 2. The van der Waals surface area contributed by atoms with Gasteiger partial charge in [0, 0.05) is 12.8 Å². The highest BCUT2D eigenvalue weighted by atomic mass is 16.7. The van der Waals surface area contributed by atoms with E-state index in [2.05, 4.69) is 31.3 Å². The minimum atomic E-state index is -1.57. The highest BCUT2D eigenvalue weighted by Crippen LogP contribution is 2.23. The third-order valence-electron chi connectivity index (χ3n) is 13.8. The van der Waals surface area contributed by atoms with Gasteiger partial charge in [0.15, 0.2) is 6.29 Å². The van der Waals surface area contributed by atoms with Crippen molar-refractivity contribution in [3.05, 3.63) is 24.3 Å². The third kappa shape index (κ3) is 38.4. The zero-order valence-corrected chi connectivity index (χ0v) is 44.5. The maximum atomic E-state index is 13.0. The van der Waals surface area contributed by atoms with Crippen LogP contribution >= 0.6 is 0 Å². The lowest BCUT2D eigenvalue weighted by Crippen LogP contribution is -2.60. The second-order valence-corrected chi connectivity index (χ2v) is 20.3. The molecule has 69 heavy (non-hydrogen) atoms. The summed E-state index contributed by atoms with van der Waals surface area (Å²) in [6.07, 6.45) is 47.1. The van der Waals surface area contributed by atoms with Crippen LogP contribution in [0.1, 0.15) is 271 Å². The summed E-state index contributed by atoms with van der Waals surface area (Å²) < 4.78 is 16.7. The lowest BCUT2D eigenvalue weighted by atomic mass is 9.99. The predicted molar refractivity (Wildman–Crippen MR) is 283 cm³/mol. The van der Waals surface area contributed by atoms with Crippen molar-refractivity contribution < 1.29 is 49.3 Å². The Hall–Kier alpha value is -1.86. The molecule has 1 amide bonds. The van der Waals surface area contributed by atoms with E-state index in [-0.39, 0.29) is 18.5 Å². The Bertz CT molecular complexity index is 1200. The van der Waals surface area contributed by atoms with Gasteiger partial charge in [-0.25, -0.2) is 0 Å². The van der Waals surface area contributed by atoms with Crippen molar-refractivity contribution in [2.75, 3.05) is 19.8 Å². The first-order valence-electron chi connectivity index (χ1n) is 29.1. The number of hydrogen-bond donors (Lipinski definition) is 6. The van der Waals surface area contributed by atoms with Gasteiger partial charge in [-0.1, -0.05) is 224 Å². The van der Waals surface area contributed by atoms with Gasteiger partial charge in [0.25, 0.3) is 0 Å². The Labute approximate surface area is 422 Å². The Morgan fingerprint density at radius 2 is 0.928 bits per heavy atom. The average molecular weight is 981 g/mol. The Morgan fingerprint density at radius 3 is 1.39 bits per heavy atom. The summed E-state index contributed by atoms with van der Waals surface area (Å²) in [5.41, 5.74) is 0. The first kappa shape index (κ1) is 65.2. The fourth-order valence-electron chi connectivity index (χ4n) is 9.13. The smallest absolute Gasteiger partial charge is 0.305 e. The van der Waals surface area contributed by atoms with Crippen LogP contribution < -0.4 is 5.32 Å². The van der Waals surface area contributed by atoms with Gasteiger partial charge in [-0.15, -0.1) is 0 Å². The molecule has 1 aliphatic rings. The van der Waals surface area contributed by atoms with E-state index in [0.29, 0.717) is 19.4 Å². The Balaban J connectivity index is 2.05. The summed E-state index contributed by atoms with van der Waals surface area (Å²) in [5, 5.41) is 54.1. The molecule has 7 atom stereocenters. The molecule has 0 aromatic rings. The molecular weight excluding hydrogens is 871 g/mol. The Kier molecular flexibility index (Phi) is 45.7. The van der Waals surface area contributed by atoms with Crippen LogP contribution in [0.5, 0.6) is 0 Å². The van der Waals surface area contributed by atoms with Crippen molar-refractivity contribution in [3.63, 3.8) is 0 Å². The second-order valence-electron chi connectivity index (χ2n) is 20.3. The zero-order chi connectivity index (χ0) is 50.3. The molecule has 0 aromatic heterocycles. The van der Waals surface area contributed by atoms with E-state index in [0.717, 1.165) is 89.9 Å². The molecule has 406 valence electrons. The molecule has 0 aliphatic carbocycles. The summed E-state index contributed by atoms with van der Waals surface area (Å²) in [6, 6.07) is -0.818. The van der Waals surface area contributed by atoms with E-state index in [4.69, 9.17) is 14.2 Å². The molecule has 1 saturated heterocycles. The van der Waals surface area contributed by atoms with Crippen LogP contribution in [-0.2, 0) is 23.8 Å². The minimum Gasteiger partial charge on any atom is -0.466 e. The lowest BCUT2D eigenvalue weighted by molar-refractivity contribution is -0.302. The summed E-state index contributed by atoms with van der Waals surface area (Å²) >= 11 is 0.